The summed E-state index contributed by atoms with van der Waals surface area (Å²) in [5.41, 5.74) is 5.13. The SMILES string of the molecule is CCC(CC)(CN)NS(=O)(=O)c1cc2c(cc1Br)OCCO2. The highest BCUT2D eigenvalue weighted by molar-refractivity contribution is 9.10. The van der Waals surface area contributed by atoms with Crippen molar-refractivity contribution in [2.24, 2.45) is 5.73 Å². The van der Waals surface area contributed by atoms with Gasteiger partial charge in [0, 0.05) is 22.6 Å². The van der Waals surface area contributed by atoms with Crippen molar-refractivity contribution in [2.45, 2.75) is 37.1 Å². The number of fused-ring (bicyclic) bond motifs is 1. The van der Waals surface area contributed by atoms with Crippen molar-refractivity contribution >= 4 is 26.0 Å². The van der Waals surface area contributed by atoms with E-state index in [1.165, 1.54) is 6.07 Å². The van der Waals surface area contributed by atoms with Crippen LogP contribution in [0.15, 0.2) is 21.5 Å². The van der Waals surface area contributed by atoms with E-state index < -0.39 is 15.6 Å². The Kier molecular flexibility index (Phi) is 5.37. The first-order chi connectivity index (χ1) is 10.4. The van der Waals surface area contributed by atoms with Crippen LogP contribution in [-0.2, 0) is 10.0 Å². The van der Waals surface area contributed by atoms with Crippen LogP contribution >= 0.6 is 15.9 Å². The third kappa shape index (κ3) is 3.40. The van der Waals surface area contributed by atoms with Crippen LogP contribution in [0.2, 0.25) is 0 Å². The summed E-state index contributed by atoms with van der Waals surface area (Å²) in [5.74, 6) is 0.967. The molecule has 1 aliphatic heterocycles. The Bertz CT molecular complexity index is 636. The first-order valence-corrected chi connectivity index (χ1v) is 9.48. The van der Waals surface area contributed by atoms with Gasteiger partial charge in [-0.25, -0.2) is 13.1 Å². The first kappa shape index (κ1) is 17.5. The highest BCUT2D eigenvalue weighted by atomic mass is 79.9. The molecule has 0 aliphatic carbocycles. The molecule has 0 unspecified atom stereocenters. The molecule has 3 N–H and O–H groups in total. The van der Waals surface area contributed by atoms with Gasteiger partial charge in [-0.05, 0) is 34.8 Å². The summed E-state index contributed by atoms with van der Waals surface area (Å²) < 4.78 is 39.6. The fraction of sp³-hybridized carbons (Fsp3) is 0.571. The first-order valence-electron chi connectivity index (χ1n) is 7.20. The number of hydrogen-bond donors (Lipinski definition) is 2. The summed E-state index contributed by atoms with van der Waals surface area (Å²) in [5, 5.41) is 0. The summed E-state index contributed by atoms with van der Waals surface area (Å²) in [4.78, 5) is 0.122. The minimum Gasteiger partial charge on any atom is -0.486 e. The summed E-state index contributed by atoms with van der Waals surface area (Å²) in [7, 11) is -3.73. The van der Waals surface area contributed by atoms with Crippen molar-refractivity contribution in [3.8, 4) is 11.5 Å². The average molecular weight is 393 g/mol. The van der Waals surface area contributed by atoms with E-state index >= 15 is 0 Å². The molecule has 22 heavy (non-hydrogen) atoms. The lowest BCUT2D eigenvalue weighted by molar-refractivity contribution is 0.171. The van der Waals surface area contributed by atoms with E-state index in [0.717, 1.165) is 0 Å². The van der Waals surface area contributed by atoms with Crippen molar-refractivity contribution < 1.29 is 17.9 Å². The molecule has 1 aromatic carbocycles. The molecular weight excluding hydrogens is 372 g/mol. The fourth-order valence-corrected chi connectivity index (χ4v) is 4.91. The van der Waals surface area contributed by atoms with Gasteiger partial charge in [-0.2, -0.15) is 0 Å². The van der Waals surface area contributed by atoms with E-state index in [1.54, 1.807) is 6.07 Å². The van der Waals surface area contributed by atoms with E-state index in [1.807, 2.05) is 13.8 Å². The van der Waals surface area contributed by atoms with Crippen molar-refractivity contribution in [3.05, 3.63) is 16.6 Å². The van der Waals surface area contributed by atoms with Gasteiger partial charge in [-0.1, -0.05) is 13.8 Å². The van der Waals surface area contributed by atoms with Gasteiger partial charge in [-0.15, -0.1) is 0 Å². The molecule has 0 bridgehead atoms. The molecule has 0 atom stereocenters. The predicted molar refractivity (Wildman–Crippen MR) is 87.8 cm³/mol. The Morgan fingerprint density at radius 1 is 1.23 bits per heavy atom. The Balaban J connectivity index is 2.41. The normalized spacial score (nSPS) is 14.9. The van der Waals surface area contributed by atoms with Crippen LogP contribution in [-0.4, -0.2) is 33.7 Å². The number of ether oxygens (including phenoxy) is 2. The smallest absolute Gasteiger partial charge is 0.242 e. The van der Waals surface area contributed by atoms with Gasteiger partial charge in [0.15, 0.2) is 11.5 Å². The number of benzene rings is 1. The van der Waals surface area contributed by atoms with E-state index in [0.29, 0.717) is 42.0 Å². The number of nitrogens with one attached hydrogen (secondary N) is 1. The largest absolute Gasteiger partial charge is 0.486 e. The quantitative estimate of drug-likeness (QED) is 0.772. The molecule has 0 saturated heterocycles. The number of nitrogens with two attached hydrogens (primary N) is 1. The number of halogens is 1. The second-order valence-corrected chi connectivity index (χ2v) is 7.73. The number of hydrogen-bond acceptors (Lipinski definition) is 5. The Hall–Kier alpha value is -0.830. The van der Waals surface area contributed by atoms with E-state index in [4.69, 9.17) is 15.2 Å². The molecule has 0 spiro atoms. The van der Waals surface area contributed by atoms with Gasteiger partial charge < -0.3 is 15.2 Å². The summed E-state index contributed by atoms with van der Waals surface area (Å²) >= 11 is 3.30. The molecule has 8 heteroatoms. The molecule has 2 rings (SSSR count). The minimum atomic E-state index is -3.73. The molecule has 0 radical (unpaired) electrons. The maximum absolute atomic E-state index is 12.7. The van der Waals surface area contributed by atoms with Gasteiger partial charge in [0.2, 0.25) is 10.0 Å². The molecule has 124 valence electrons. The molecule has 0 amide bonds. The van der Waals surface area contributed by atoms with Crippen LogP contribution in [0.4, 0.5) is 0 Å². The average Bonchev–Trinajstić information content (AvgIpc) is 2.52. The molecule has 1 aliphatic rings. The highest BCUT2D eigenvalue weighted by Gasteiger charge is 2.32. The number of sulfonamides is 1. The van der Waals surface area contributed by atoms with Gasteiger partial charge in [0.05, 0.1) is 0 Å². The van der Waals surface area contributed by atoms with Gasteiger partial charge in [-0.3, -0.25) is 0 Å². The molecule has 6 nitrogen and oxygen atoms in total. The third-order valence-electron chi connectivity index (χ3n) is 3.98. The Labute approximate surface area is 139 Å². The minimum absolute atomic E-state index is 0.122. The van der Waals surface area contributed by atoms with Gasteiger partial charge in [0.25, 0.3) is 0 Å². The van der Waals surface area contributed by atoms with E-state index in [2.05, 4.69) is 20.7 Å². The Morgan fingerprint density at radius 2 is 1.77 bits per heavy atom. The van der Waals surface area contributed by atoms with E-state index in [9.17, 15) is 8.42 Å². The summed E-state index contributed by atoms with van der Waals surface area (Å²) in [6, 6.07) is 3.10. The second-order valence-electron chi connectivity index (χ2n) is 5.22. The third-order valence-corrected chi connectivity index (χ3v) is 6.52. The lowest BCUT2D eigenvalue weighted by Crippen LogP contribution is -2.52. The molecule has 0 aromatic heterocycles. The maximum atomic E-state index is 12.7. The molecule has 0 saturated carbocycles. The molecule has 1 aromatic rings. The van der Waals surface area contributed by atoms with Crippen LogP contribution < -0.4 is 19.9 Å². The maximum Gasteiger partial charge on any atom is 0.242 e. The van der Waals surface area contributed by atoms with Crippen molar-refractivity contribution in [2.75, 3.05) is 19.8 Å². The highest BCUT2D eigenvalue weighted by Crippen LogP contribution is 2.37. The fourth-order valence-electron chi connectivity index (χ4n) is 2.32. The molecule has 1 heterocycles. The van der Waals surface area contributed by atoms with Crippen LogP contribution in [0.3, 0.4) is 0 Å². The molecule has 0 fully saturated rings. The summed E-state index contributed by atoms with van der Waals surface area (Å²) in [6.45, 7) is 4.92. The van der Waals surface area contributed by atoms with Gasteiger partial charge in [0.1, 0.15) is 18.1 Å². The van der Waals surface area contributed by atoms with Crippen molar-refractivity contribution in [1.82, 2.24) is 4.72 Å². The summed E-state index contributed by atoms with van der Waals surface area (Å²) in [6.07, 6.45) is 1.23. The standard InChI is InChI=1S/C14H21BrN2O4S/c1-3-14(4-2,9-16)17-22(18,19)13-8-12-11(7-10(13)15)20-5-6-21-12/h7-8,17H,3-6,9,16H2,1-2H3. The van der Waals surface area contributed by atoms with Gasteiger partial charge >= 0.3 is 0 Å². The predicted octanol–water partition coefficient (Wildman–Crippen LogP) is 2.02. The lowest BCUT2D eigenvalue weighted by Gasteiger charge is -2.31. The van der Waals surface area contributed by atoms with Crippen molar-refractivity contribution in [1.29, 1.82) is 0 Å². The second kappa shape index (κ2) is 6.74. The zero-order chi connectivity index (χ0) is 16.4. The topological polar surface area (TPSA) is 90.7 Å². The van der Waals surface area contributed by atoms with E-state index in [-0.39, 0.29) is 11.4 Å². The zero-order valence-electron chi connectivity index (χ0n) is 12.7. The van der Waals surface area contributed by atoms with Crippen LogP contribution in [0, 0.1) is 0 Å². The lowest BCUT2D eigenvalue weighted by atomic mass is 9.95. The number of rotatable bonds is 6. The van der Waals surface area contributed by atoms with Crippen molar-refractivity contribution in [3.63, 3.8) is 0 Å². The monoisotopic (exact) mass is 392 g/mol. The van der Waals surface area contributed by atoms with Crippen LogP contribution in [0.25, 0.3) is 0 Å². The Morgan fingerprint density at radius 3 is 2.27 bits per heavy atom. The van der Waals surface area contributed by atoms with Crippen LogP contribution in [0.1, 0.15) is 26.7 Å². The zero-order valence-corrected chi connectivity index (χ0v) is 15.1. The van der Waals surface area contributed by atoms with Crippen LogP contribution in [0.5, 0.6) is 11.5 Å². The molecular formula is C14H21BrN2O4S.